The Kier molecular flexibility index (Phi) is 3.87. The summed E-state index contributed by atoms with van der Waals surface area (Å²) < 4.78 is 1.39. The molecule has 2 nitrogen and oxygen atoms in total. The Bertz CT molecular complexity index is 515. The Morgan fingerprint density at radius 2 is 2.26 bits per heavy atom. The van der Waals surface area contributed by atoms with Gasteiger partial charge in [-0.3, -0.25) is 0 Å². The maximum absolute atomic E-state index is 3.70. The van der Waals surface area contributed by atoms with Crippen LogP contribution in [0.4, 0.5) is 0 Å². The normalized spacial score (nSPS) is 22.1. The number of hydrogen-bond acceptors (Lipinski definition) is 3. The Balaban J connectivity index is 1.64. The molecule has 19 heavy (non-hydrogen) atoms. The first-order chi connectivity index (χ1) is 9.24. The van der Waals surface area contributed by atoms with Gasteiger partial charge in [0.1, 0.15) is 0 Å². The molecule has 1 aliphatic rings. The molecule has 1 aliphatic heterocycles. The maximum Gasteiger partial charge on any atom is 0.0387 e. The molecule has 2 heterocycles. The summed E-state index contributed by atoms with van der Waals surface area (Å²) in [5.74, 6) is 0. The van der Waals surface area contributed by atoms with Crippen LogP contribution in [0.5, 0.6) is 0 Å². The van der Waals surface area contributed by atoms with Gasteiger partial charge in [0.25, 0.3) is 0 Å². The molecule has 2 atom stereocenters. The fraction of sp³-hybridized carbons (Fsp3) is 0.500. The Hall–Kier alpha value is -0.900. The zero-order chi connectivity index (χ0) is 13.2. The average molecular weight is 274 g/mol. The molecule has 0 radical (unpaired) electrons. The van der Waals surface area contributed by atoms with Crippen LogP contribution < -0.4 is 5.32 Å². The lowest BCUT2D eigenvalue weighted by molar-refractivity contribution is 0.294. The number of benzene rings is 1. The standard InChI is InChI=1S/C16H22N2S/c1-12(17-11-14-7-5-9-18(14)2)16-10-13-6-3-4-8-15(13)19-16/h3-4,6,8,10,12,14,17H,5,7,9,11H2,1-2H3. The van der Waals surface area contributed by atoms with Crippen LogP contribution in [0.25, 0.3) is 10.1 Å². The molecule has 2 unspecified atom stereocenters. The number of rotatable bonds is 4. The van der Waals surface area contributed by atoms with Gasteiger partial charge in [-0.05, 0) is 50.9 Å². The highest BCUT2D eigenvalue weighted by atomic mass is 32.1. The predicted molar refractivity (Wildman–Crippen MR) is 83.9 cm³/mol. The lowest BCUT2D eigenvalue weighted by Gasteiger charge is -2.22. The molecule has 0 spiro atoms. The summed E-state index contributed by atoms with van der Waals surface area (Å²) in [6, 6.07) is 12.1. The van der Waals surface area contributed by atoms with Gasteiger partial charge in [0.2, 0.25) is 0 Å². The van der Waals surface area contributed by atoms with Gasteiger partial charge in [0.15, 0.2) is 0 Å². The van der Waals surface area contributed by atoms with E-state index >= 15 is 0 Å². The molecule has 0 saturated carbocycles. The first-order valence-corrected chi connectivity index (χ1v) is 7.98. The summed E-state index contributed by atoms with van der Waals surface area (Å²) in [4.78, 5) is 3.92. The van der Waals surface area contributed by atoms with Crippen LogP contribution >= 0.6 is 11.3 Å². The third-order valence-electron chi connectivity index (χ3n) is 4.20. The zero-order valence-corrected chi connectivity index (χ0v) is 12.5. The van der Waals surface area contributed by atoms with E-state index in [1.165, 1.54) is 34.3 Å². The van der Waals surface area contributed by atoms with Crippen molar-refractivity contribution in [3.8, 4) is 0 Å². The summed E-state index contributed by atoms with van der Waals surface area (Å²) in [6.45, 7) is 4.63. The van der Waals surface area contributed by atoms with Crippen molar-refractivity contribution in [2.45, 2.75) is 31.8 Å². The van der Waals surface area contributed by atoms with Gasteiger partial charge in [0, 0.05) is 28.2 Å². The molecule has 1 saturated heterocycles. The van der Waals surface area contributed by atoms with Gasteiger partial charge in [0.05, 0.1) is 0 Å². The fourth-order valence-corrected chi connectivity index (χ4v) is 3.96. The summed E-state index contributed by atoms with van der Waals surface area (Å²) in [7, 11) is 2.24. The minimum absolute atomic E-state index is 0.450. The van der Waals surface area contributed by atoms with Crippen LogP contribution in [0.15, 0.2) is 30.3 Å². The van der Waals surface area contributed by atoms with Crippen LogP contribution in [0.1, 0.15) is 30.7 Å². The van der Waals surface area contributed by atoms with E-state index in [4.69, 9.17) is 0 Å². The smallest absolute Gasteiger partial charge is 0.0387 e. The summed E-state index contributed by atoms with van der Waals surface area (Å²) in [5.41, 5.74) is 0. The molecular weight excluding hydrogens is 252 g/mol. The fourth-order valence-electron chi connectivity index (χ4n) is 2.87. The number of nitrogens with zero attached hydrogens (tertiary/aromatic N) is 1. The highest BCUT2D eigenvalue weighted by Gasteiger charge is 2.21. The minimum atomic E-state index is 0.450. The first-order valence-electron chi connectivity index (χ1n) is 7.16. The first kappa shape index (κ1) is 13.1. The Morgan fingerprint density at radius 1 is 1.42 bits per heavy atom. The van der Waals surface area contributed by atoms with Crippen LogP contribution in [0.3, 0.4) is 0 Å². The van der Waals surface area contributed by atoms with E-state index < -0.39 is 0 Å². The predicted octanol–water partition coefficient (Wildman–Crippen LogP) is 3.65. The van der Waals surface area contributed by atoms with Crippen molar-refractivity contribution < 1.29 is 0 Å². The lowest BCUT2D eigenvalue weighted by atomic mass is 10.2. The van der Waals surface area contributed by atoms with Gasteiger partial charge < -0.3 is 10.2 Å². The van der Waals surface area contributed by atoms with Gasteiger partial charge in [-0.15, -0.1) is 11.3 Å². The second-order valence-corrected chi connectivity index (χ2v) is 6.71. The van der Waals surface area contributed by atoms with Crippen LogP contribution in [-0.2, 0) is 0 Å². The Labute approximate surface area is 119 Å². The number of hydrogen-bond donors (Lipinski definition) is 1. The molecule has 0 amide bonds. The van der Waals surface area contributed by atoms with E-state index in [9.17, 15) is 0 Å². The minimum Gasteiger partial charge on any atom is -0.308 e. The topological polar surface area (TPSA) is 15.3 Å². The highest BCUT2D eigenvalue weighted by Crippen LogP contribution is 2.29. The lowest BCUT2D eigenvalue weighted by Crippen LogP contribution is -2.36. The van der Waals surface area contributed by atoms with Crippen molar-refractivity contribution in [1.29, 1.82) is 0 Å². The molecule has 1 aromatic carbocycles. The quantitative estimate of drug-likeness (QED) is 0.915. The number of thiophene rings is 1. The molecule has 3 heteroatoms. The second-order valence-electron chi connectivity index (χ2n) is 5.59. The van der Waals surface area contributed by atoms with E-state index in [1.54, 1.807) is 0 Å². The molecule has 102 valence electrons. The van der Waals surface area contributed by atoms with Crippen LogP contribution in [-0.4, -0.2) is 31.1 Å². The zero-order valence-electron chi connectivity index (χ0n) is 11.7. The van der Waals surface area contributed by atoms with E-state index in [1.807, 2.05) is 11.3 Å². The maximum atomic E-state index is 3.70. The largest absolute Gasteiger partial charge is 0.308 e. The van der Waals surface area contributed by atoms with E-state index in [2.05, 4.69) is 54.5 Å². The molecule has 1 aromatic heterocycles. The van der Waals surface area contributed by atoms with E-state index in [0.29, 0.717) is 6.04 Å². The van der Waals surface area contributed by atoms with Crippen molar-refractivity contribution in [3.63, 3.8) is 0 Å². The summed E-state index contributed by atoms with van der Waals surface area (Å²) in [6.07, 6.45) is 2.68. The monoisotopic (exact) mass is 274 g/mol. The van der Waals surface area contributed by atoms with Gasteiger partial charge in [-0.1, -0.05) is 18.2 Å². The van der Waals surface area contributed by atoms with Crippen molar-refractivity contribution in [3.05, 3.63) is 35.2 Å². The van der Waals surface area contributed by atoms with Gasteiger partial charge in [-0.2, -0.15) is 0 Å². The number of nitrogens with one attached hydrogen (secondary N) is 1. The molecule has 0 aliphatic carbocycles. The molecular formula is C16H22N2S. The summed E-state index contributed by atoms with van der Waals surface area (Å²) in [5, 5.41) is 5.07. The van der Waals surface area contributed by atoms with Crippen molar-refractivity contribution in [1.82, 2.24) is 10.2 Å². The number of fused-ring (bicyclic) bond motifs is 1. The van der Waals surface area contributed by atoms with E-state index in [0.717, 1.165) is 12.6 Å². The second kappa shape index (κ2) is 5.61. The molecule has 3 rings (SSSR count). The van der Waals surface area contributed by atoms with Crippen LogP contribution in [0.2, 0.25) is 0 Å². The van der Waals surface area contributed by atoms with Crippen molar-refractivity contribution in [2.24, 2.45) is 0 Å². The third kappa shape index (κ3) is 2.83. The average Bonchev–Trinajstić information content (AvgIpc) is 3.01. The molecule has 2 aromatic rings. The molecule has 1 N–H and O–H groups in total. The number of likely N-dealkylation sites (N-methyl/N-ethyl adjacent to an activating group) is 1. The highest BCUT2D eigenvalue weighted by molar-refractivity contribution is 7.19. The van der Waals surface area contributed by atoms with E-state index in [-0.39, 0.29) is 0 Å². The van der Waals surface area contributed by atoms with Crippen molar-refractivity contribution in [2.75, 3.05) is 20.1 Å². The SMILES string of the molecule is CC(NCC1CCCN1C)c1cc2ccccc2s1. The van der Waals surface area contributed by atoms with Gasteiger partial charge >= 0.3 is 0 Å². The van der Waals surface area contributed by atoms with Gasteiger partial charge in [-0.25, -0.2) is 0 Å². The molecule has 0 bridgehead atoms. The van der Waals surface area contributed by atoms with Crippen LogP contribution in [0, 0.1) is 0 Å². The Morgan fingerprint density at radius 3 is 3.00 bits per heavy atom. The third-order valence-corrected chi connectivity index (χ3v) is 5.50. The van der Waals surface area contributed by atoms with Crippen molar-refractivity contribution >= 4 is 21.4 Å². The number of likely N-dealkylation sites (tertiary alicyclic amines) is 1. The molecule has 1 fully saturated rings. The summed E-state index contributed by atoms with van der Waals surface area (Å²) >= 11 is 1.91.